The van der Waals surface area contributed by atoms with Crippen molar-refractivity contribution in [2.45, 2.75) is 26.2 Å². The minimum atomic E-state index is -0.520. The first-order valence-corrected chi connectivity index (χ1v) is 8.22. The number of nitrogens with one attached hydrogen (secondary N) is 2. The van der Waals surface area contributed by atoms with Gasteiger partial charge in [-0.15, -0.1) is 10.2 Å². The fourth-order valence-corrected chi connectivity index (χ4v) is 2.21. The van der Waals surface area contributed by atoms with E-state index in [9.17, 15) is 9.59 Å². The molecule has 0 bridgehead atoms. The third-order valence-electron chi connectivity index (χ3n) is 3.56. The van der Waals surface area contributed by atoms with Crippen LogP contribution >= 0.6 is 0 Å². The van der Waals surface area contributed by atoms with Gasteiger partial charge in [0.05, 0.1) is 18.4 Å². The highest BCUT2D eigenvalue weighted by Gasteiger charge is 2.15. The number of carbonyl (C=O) groups is 2. The van der Waals surface area contributed by atoms with E-state index >= 15 is 0 Å². The Bertz CT molecular complexity index is 717. The molecule has 1 aromatic heterocycles. The third-order valence-corrected chi connectivity index (χ3v) is 3.56. The topological polar surface area (TPSA) is 93.2 Å². The molecule has 0 saturated carbocycles. The minimum Gasteiger partial charge on any atom is -0.465 e. The highest BCUT2D eigenvalue weighted by atomic mass is 16.5. The first-order valence-electron chi connectivity index (χ1n) is 8.22. The summed E-state index contributed by atoms with van der Waals surface area (Å²) in [7, 11) is 1.29. The summed E-state index contributed by atoms with van der Waals surface area (Å²) in [6.45, 7) is 2.96. The monoisotopic (exact) mass is 342 g/mol. The van der Waals surface area contributed by atoms with Crippen LogP contribution in [0.2, 0.25) is 0 Å². The van der Waals surface area contributed by atoms with Crippen molar-refractivity contribution in [3.63, 3.8) is 0 Å². The largest absolute Gasteiger partial charge is 0.465 e. The zero-order chi connectivity index (χ0) is 18.1. The maximum Gasteiger partial charge on any atom is 0.339 e. The summed E-state index contributed by atoms with van der Waals surface area (Å²) in [5.74, 6) is -0.336. The summed E-state index contributed by atoms with van der Waals surface area (Å²) in [5.41, 5.74) is 0.808. The Morgan fingerprint density at radius 2 is 1.88 bits per heavy atom. The summed E-state index contributed by atoms with van der Waals surface area (Å²) in [6, 6.07) is 9.92. The number of para-hydroxylation sites is 1. The number of carbonyl (C=O) groups excluding carboxylic acids is 2. The summed E-state index contributed by atoms with van der Waals surface area (Å²) in [6.07, 6.45) is 3.37. The van der Waals surface area contributed by atoms with Gasteiger partial charge in [-0.2, -0.15) is 0 Å². The van der Waals surface area contributed by atoms with Crippen LogP contribution in [0.25, 0.3) is 0 Å². The van der Waals surface area contributed by atoms with Gasteiger partial charge in [0.1, 0.15) is 5.82 Å². The Labute approximate surface area is 146 Å². The fourth-order valence-electron chi connectivity index (χ4n) is 2.21. The molecule has 7 nitrogen and oxygen atoms in total. The molecule has 7 heteroatoms. The van der Waals surface area contributed by atoms with Gasteiger partial charge in [0.2, 0.25) is 0 Å². The molecule has 1 amide bonds. The predicted molar refractivity (Wildman–Crippen MR) is 95.8 cm³/mol. The molecule has 1 aromatic carbocycles. The Morgan fingerprint density at radius 3 is 2.56 bits per heavy atom. The molecule has 0 aliphatic carbocycles. The second-order valence-corrected chi connectivity index (χ2v) is 5.43. The number of nitrogens with zero attached hydrogens (tertiary/aromatic N) is 2. The van der Waals surface area contributed by atoms with E-state index in [1.807, 2.05) is 0 Å². The van der Waals surface area contributed by atoms with Crippen LogP contribution in [-0.4, -0.2) is 35.7 Å². The molecule has 25 heavy (non-hydrogen) atoms. The van der Waals surface area contributed by atoms with Gasteiger partial charge < -0.3 is 15.4 Å². The highest BCUT2D eigenvalue weighted by Crippen LogP contribution is 2.17. The van der Waals surface area contributed by atoms with E-state index in [0.29, 0.717) is 11.5 Å². The molecule has 0 saturated heterocycles. The maximum absolute atomic E-state index is 12.3. The molecule has 0 aliphatic rings. The van der Waals surface area contributed by atoms with Crippen LogP contribution < -0.4 is 10.6 Å². The van der Waals surface area contributed by atoms with Gasteiger partial charge in [-0.25, -0.2) is 4.79 Å². The molecule has 0 unspecified atom stereocenters. The highest BCUT2D eigenvalue weighted by molar-refractivity contribution is 6.07. The van der Waals surface area contributed by atoms with Crippen molar-refractivity contribution >= 4 is 23.4 Å². The smallest absolute Gasteiger partial charge is 0.339 e. The number of esters is 1. The van der Waals surface area contributed by atoms with E-state index in [1.165, 1.54) is 7.11 Å². The summed E-state index contributed by atoms with van der Waals surface area (Å²) in [4.78, 5) is 24.0. The Kier molecular flexibility index (Phi) is 6.88. The first-order chi connectivity index (χ1) is 12.2. The number of methoxy groups -OCH3 is 1. The van der Waals surface area contributed by atoms with Gasteiger partial charge >= 0.3 is 5.97 Å². The van der Waals surface area contributed by atoms with Gasteiger partial charge in [0, 0.05) is 6.54 Å². The van der Waals surface area contributed by atoms with Crippen LogP contribution in [0.15, 0.2) is 36.4 Å². The zero-order valence-electron chi connectivity index (χ0n) is 14.4. The predicted octanol–water partition coefficient (Wildman–Crippen LogP) is 3.12. The summed E-state index contributed by atoms with van der Waals surface area (Å²) in [5, 5.41) is 13.7. The van der Waals surface area contributed by atoms with Crippen molar-refractivity contribution in [1.29, 1.82) is 0 Å². The van der Waals surface area contributed by atoms with Crippen molar-refractivity contribution in [2.24, 2.45) is 0 Å². The molecule has 0 atom stereocenters. The lowest BCUT2D eigenvalue weighted by Crippen LogP contribution is -2.17. The van der Waals surface area contributed by atoms with Crippen LogP contribution in [-0.2, 0) is 4.74 Å². The maximum atomic E-state index is 12.3. The van der Waals surface area contributed by atoms with Crippen LogP contribution in [0.3, 0.4) is 0 Å². The molecular formula is C18H22N4O3. The number of anilines is 2. The quantitative estimate of drug-likeness (QED) is 0.565. The average molecular weight is 342 g/mol. The first kappa shape index (κ1) is 18.4. The number of hydrogen-bond donors (Lipinski definition) is 2. The van der Waals surface area contributed by atoms with E-state index in [4.69, 9.17) is 4.74 Å². The van der Waals surface area contributed by atoms with E-state index < -0.39 is 11.9 Å². The third kappa shape index (κ3) is 5.27. The van der Waals surface area contributed by atoms with Crippen molar-refractivity contribution < 1.29 is 14.3 Å². The number of rotatable bonds is 8. The van der Waals surface area contributed by atoms with Gasteiger partial charge in [-0.3, -0.25) is 4.79 Å². The fraction of sp³-hybridized carbons (Fsp3) is 0.333. The number of ether oxygens (including phenoxy) is 1. The molecule has 0 spiro atoms. The SMILES string of the molecule is CCCCCNc1ccc(C(=O)Nc2ccccc2C(=O)OC)nn1. The molecule has 2 N–H and O–H groups in total. The van der Waals surface area contributed by atoms with Crippen molar-refractivity contribution in [2.75, 3.05) is 24.3 Å². The average Bonchev–Trinajstić information content (AvgIpc) is 2.65. The second-order valence-electron chi connectivity index (χ2n) is 5.43. The van der Waals surface area contributed by atoms with Crippen LogP contribution in [0.5, 0.6) is 0 Å². The lowest BCUT2D eigenvalue weighted by Gasteiger charge is -2.09. The molecule has 0 radical (unpaired) electrons. The van der Waals surface area contributed by atoms with E-state index in [0.717, 1.165) is 25.8 Å². The zero-order valence-corrected chi connectivity index (χ0v) is 14.4. The number of unbranched alkanes of at least 4 members (excludes halogenated alkanes) is 2. The van der Waals surface area contributed by atoms with Gasteiger partial charge in [0.25, 0.3) is 5.91 Å². The Hall–Kier alpha value is -2.96. The van der Waals surface area contributed by atoms with Crippen LogP contribution in [0, 0.1) is 0 Å². The van der Waals surface area contributed by atoms with Crippen molar-refractivity contribution in [1.82, 2.24) is 10.2 Å². The van der Waals surface area contributed by atoms with Gasteiger partial charge in [0.15, 0.2) is 5.69 Å². The molecule has 0 aliphatic heterocycles. The number of hydrogen-bond acceptors (Lipinski definition) is 6. The van der Waals surface area contributed by atoms with E-state index in [-0.39, 0.29) is 11.3 Å². The standard InChI is InChI=1S/C18H22N4O3/c1-3-4-7-12-19-16-11-10-15(21-22-16)17(23)20-14-9-6-5-8-13(14)18(24)25-2/h5-6,8-11H,3-4,7,12H2,1-2H3,(H,19,22)(H,20,23). The minimum absolute atomic E-state index is 0.166. The number of amides is 1. The van der Waals surface area contributed by atoms with Crippen LogP contribution in [0.4, 0.5) is 11.5 Å². The van der Waals surface area contributed by atoms with Gasteiger partial charge in [-0.1, -0.05) is 31.9 Å². The molecular weight excluding hydrogens is 320 g/mol. The molecule has 2 aromatic rings. The molecule has 1 heterocycles. The normalized spacial score (nSPS) is 10.2. The molecule has 2 rings (SSSR count). The van der Waals surface area contributed by atoms with E-state index in [1.54, 1.807) is 36.4 Å². The number of aromatic nitrogens is 2. The number of benzene rings is 1. The molecule has 132 valence electrons. The Morgan fingerprint density at radius 1 is 1.08 bits per heavy atom. The lowest BCUT2D eigenvalue weighted by molar-refractivity contribution is 0.0602. The Balaban J connectivity index is 2.01. The van der Waals surface area contributed by atoms with Crippen LogP contribution in [0.1, 0.15) is 47.0 Å². The summed E-state index contributed by atoms with van der Waals surface area (Å²) < 4.78 is 4.71. The van der Waals surface area contributed by atoms with Crippen molar-refractivity contribution in [3.8, 4) is 0 Å². The van der Waals surface area contributed by atoms with Crippen molar-refractivity contribution in [3.05, 3.63) is 47.7 Å². The second kappa shape index (κ2) is 9.36. The van der Waals surface area contributed by atoms with Gasteiger partial charge in [-0.05, 0) is 30.7 Å². The van der Waals surface area contributed by atoms with E-state index in [2.05, 4.69) is 27.8 Å². The summed E-state index contributed by atoms with van der Waals surface area (Å²) >= 11 is 0. The lowest BCUT2D eigenvalue weighted by atomic mass is 10.1. The molecule has 0 fully saturated rings.